The zero-order chi connectivity index (χ0) is 26.9. The van der Waals surface area contributed by atoms with E-state index >= 15 is 0 Å². The Balaban J connectivity index is 1.45. The Morgan fingerprint density at radius 2 is 1.87 bits per heavy atom. The maximum Gasteiger partial charge on any atom is 0.355 e. The SMILES string of the molecule is O=C(O)c1csc(-n2nc(-c3cccc(OC4CCCC4)c3)c(Cc3ccc(S(=O)O)cc3)c2CC2CC2)n1. The average molecular weight is 564 g/mol. The van der Waals surface area contributed by atoms with Gasteiger partial charge in [-0.05, 0) is 80.7 Å². The molecule has 0 amide bonds. The van der Waals surface area contributed by atoms with Gasteiger partial charge in [0.05, 0.1) is 22.4 Å². The molecule has 2 saturated carbocycles. The van der Waals surface area contributed by atoms with E-state index in [9.17, 15) is 18.7 Å². The van der Waals surface area contributed by atoms with E-state index < -0.39 is 17.0 Å². The largest absolute Gasteiger partial charge is 0.490 e. The fourth-order valence-corrected chi connectivity index (χ4v) is 6.31. The highest BCUT2D eigenvalue weighted by Gasteiger charge is 2.29. The van der Waals surface area contributed by atoms with Crippen molar-refractivity contribution in [2.75, 3.05) is 0 Å². The number of nitrogens with zero attached hydrogens (tertiary/aromatic N) is 3. The predicted molar refractivity (Wildman–Crippen MR) is 149 cm³/mol. The summed E-state index contributed by atoms with van der Waals surface area (Å²) < 4.78 is 29.1. The van der Waals surface area contributed by atoms with Gasteiger partial charge in [0.2, 0.25) is 5.13 Å². The Labute approximate surface area is 233 Å². The molecule has 8 nitrogen and oxygen atoms in total. The molecule has 0 spiro atoms. The number of benzene rings is 2. The number of carbonyl (C=O) groups is 1. The first-order valence-electron chi connectivity index (χ1n) is 13.2. The third kappa shape index (κ3) is 5.83. The van der Waals surface area contributed by atoms with Gasteiger partial charge in [0.1, 0.15) is 5.75 Å². The highest BCUT2D eigenvalue weighted by Crippen LogP contribution is 2.39. The minimum Gasteiger partial charge on any atom is -0.490 e. The van der Waals surface area contributed by atoms with Gasteiger partial charge in [-0.25, -0.2) is 18.7 Å². The van der Waals surface area contributed by atoms with E-state index in [0.717, 1.165) is 65.9 Å². The van der Waals surface area contributed by atoms with Crippen LogP contribution in [0.1, 0.15) is 65.8 Å². The van der Waals surface area contributed by atoms with Gasteiger partial charge >= 0.3 is 5.97 Å². The minimum absolute atomic E-state index is 0.00512. The molecule has 0 radical (unpaired) electrons. The molecular weight excluding hydrogens is 534 g/mol. The van der Waals surface area contributed by atoms with Crippen LogP contribution in [-0.2, 0) is 23.9 Å². The third-order valence-electron chi connectivity index (χ3n) is 7.38. The number of carboxylic acids is 1. The number of aromatic carboxylic acids is 1. The molecule has 1 atom stereocenters. The fourth-order valence-electron chi connectivity index (χ4n) is 5.17. The second-order valence-corrected chi connectivity index (χ2v) is 12.1. The Kier molecular flexibility index (Phi) is 7.33. The molecule has 6 rings (SSSR count). The number of rotatable bonds is 10. The first kappa shape index (κ1) is 25.9. The summed E-state index contributed by atoms with van der Waals surface area (Å²) in [7, 11) is 0. The van der Waals surface area contributed by atoms with Crippen LogP contribution in [0.15, 0.2) is 58.8 Å². The van der Waals surface area contributed by atoms with Crippen molar-refractivity contribution in [3.8, 4) is 22.1 Å². The number of hydrogen-bond donors (Lipinski definition) is 2. The molecule has 2 N–H and O–H groups in total. The third-order valence-corrected chi connectivity index (χ3v) is 8.87. The minimum atomic E-state index is -2.03. The fraction of sp³-hybridized carbons (Fsp3) is 0.345. The topological polar surface area (TPSA) is 115 Å². The van der Waals surface area contributed by atoms with E-state index in [1.165, 1.54) is 24.2 Å². The standard InChI is InChI=1S/C29H29N3O5S2/c33-28(34)25-17-38-29(30-25)32-26(15-19-8-9-19)24(14-18-10-12-23(13-11-18)39(35)36)27(31-32)20-4-3-7-22(16-20)37-21-5-1-2-6-21/h3-4,7,10-13,16-17,19,21H,1-2,5-6,8-9,14-15H2,(H,33,34)(H,35,36). The van der Waals surface area contributed by atoms with E-state index in [4.69, 9.17) is 9.84 Å². The van der Waals surface area contributed by atoms with Crippen molar-refractivity contribution in [2.24, 2.45) is 5.92 Å². The van der Waals surface area contributed by atoms with E-state index in [1.54, 1.807) is 17.5 Å². The lowest BCUT2D eigenvalue weighted by Gasteiger charge is -2.14. The van der Waals surface area contributed by atoms with Gasteiger partial charge in [-0.3, -0.25) is 0 Å². The van der Waals surface area contributed by atoms with Crippen LogP contribution in [0.5, 0.6) is 5.75 Å². The monoisotopic (exact) mass is 563 g/mol. The van der Waals surface area contributed by atoms with Crippen LogP contribution in [0.2, 0.25) is 0 Å². The Bertz CT molecular complexity index is 1520. The van der Waals surface area contributed by atoms with Crippen molar-refractivity contribution in [1.82, 2.24) is 14.8 Å². The van der Waals surface area contributed by atoms with E-state index in [0.29, 0.717) is 22.4 Å². The molecule has 2 heterocycles. The van der Waals surface area contributed by atoms with E-state index in [1.807, 2.05) is 41.1 Å². The highest BCUT2D eigenvalue weighted by atomic mass is 32.2. The van der Waals surface area contributed by atoms with Gasteiger partial charge < -0.3 is 14.4 Å². The zero-order valence-corrected chi connectivity index (χ0v) is 22.9. The van der Waals surface area contributed by atoms with E-state index in [-0.39, 0.29) is 11.8 Å². The van der Waals surface area contributed by atoms with Gasteiger partial charge in [0.25, 0.3) is 0 Å². The molecule has 4 aromatic rings. The molecule has 0 aliphatic heterocycles. The lowest BCUT2D eigenvalue weighted by Crippen LogP contribution is -2.10. The summed E-state index contributed by atoms with van der Waals surface area (Å²) in [6.07, 6.45) is 8.46. The van der Waals surface area contributed by atoms with Gasteiger partial charge in [-0.15, -0.1) is 11.3 Å². The van der Waals surface area contributed by atoms with Crippen LogP contribution < -0.4 is 4.74 Å². The summed E-state index contributed by atoms with van der Waals surface area (Å²) >= 11 is -0.766. The number of aromatic nitrogens is 3. The summed E-state index contributed by atoms with van der Waals surface area (Å²) in [5.41, 5.74) is 4.81. The van der Waals surface area contributed by atoms with Crippen molar-refractivity contribution in [2.45, 2.75) is 62.4 Å². The van der Waals surface area contributed by atoms with Crippen molar-refractivity contribution in [3.05, 3.63) is 76.4 Å². The van der Waals surface area contributed by atoms with Gasteiger partial charge in [0.15, 0.2) is 16.8 Å². The first-order valence-corrected chi connectivity index (χ1v) is 15.2. The summed E-state index contributed by atoms with van der Waals surface area (Å²) in [6.45, 7) is 0. The molecule has 2 aliphatic carbocycles. The number of thiazole rings is 1. The molecule has 0 saturated heterocycles. The molecule has 2 fully saturated rings. The Morgan fingerprint density at radius 3 is 2.54 bits per heavy atom. The molecule has 2 aliphatic rings. The molecule has 2 aromatic carbocycles. The smallest absolute Gasteiger partial charge is 0.355 e. The zero-order valence-electron chi connectivity index (χ0n) is 21.3. The lowest BCUT2D eigenvalue weighted by atomic mass is 9.97. The number of hydrogen-bond acceptors (Lipinski definition) is 6. The van der Waals surface area contributed by atoms with Crippen LogP contribution >= 0.6 is 11.3 Å². The lowest BCUT2D eigenvalue weighted by molar-refractivity contribution is 0.0691. The highest BCUT2D eigenvalue weighted by molar-refractivity contribution is 7.79. The summed E-state index contributed by atoms with van der Waals surface area (Å²) in [4.78, 5) is 16.3. The second kappa shape index (κ2) is 11.0. The number of carboxylic acid groups (broad SMARTS) is 1. The summed E-state index contributed by atoms with van der Waals surface area (Å²) in [5.74, 6) is 0.315. The molecule has 1 unspecified atom stereocenters. The molecule has 202 valence electrons. The van der Waals surface area contributed by atoms with Crippen molar-refractivity contribution < 1.29 is 23.4 Å². The van der Waals surface area contributed by atoms with Gasteiger partial charge in [0, 0.05) is 22.9 Å². The van der Waals surface area contributed by atoms with Gasteiger partial charge in [-0.2, -0.15) is 5.10 Å². The molecular formula is C29H29N3O5S2. The van der Waals surface area contributed by atoms with Crippen LogP contribution in [-0.4, -0.2) is 40.7 Å². The van der Waals surface area contributed by atoms with Gasteiger partial charge in [-0.1, -0.05) is 24.3 Å². The Morgan fingerprint density at radius 1 is 1.10 bits per heavy atom. The second-order valence-electron chi connectivity index (χ2n) is 10.3. The molecule has 10 heteroatoms. The maximum atomic E-state index is 11.6. The van der Waals surface area contributed by atoms with Crippen molar-refractivity contribution in [3.63, 3.8) is 0 Å². The molecule has 0 bridgehead atoms. The van der Waals surface area contributed by atoms with Crippen LogP contribution in [0.25, 0.3) is 16.4 Å². The van der Waals surface area contributed by atoms with Crippen LogP contribution in [0, 0.1) is 5.92 Å². The quantitative estimate of drug-likeness (QED) is 0.223. The average Bonchev–Trinajstić information content (AvgIpc) is 3.28. The summed E-state index contributed by atoms with van der Waals surface area (Å²) in [5, 5.41) is 16.6. The molecule has 2 aromatic heterocycles. The van der Waals surface area contributed by atoms with E-state index in [2.05, 4.69) is 4.98 Å². The molecule has 39 heavy (non-hydrogen) atoms. The Hall–Kier alpha value is -3.34. The maximum absolute atomic E-state index is 11.6. The van der Waals surface area contributed by atoms with Crippen LogP contribution in [0.4, 0.5) is 0 Å². The van der Waals surface area contributed by atoms with Crippen LogP contribution in [0.3, 0.4) is 0 Å². The van der Waals surface area contributed by atoms with Crippen molar-refractivity contribution in [1.29, 1.82) is 0 Å². The van der Waals surface area contributed by atoms with Crippen molar-refractivity contribution >= 4 is 28.4 Å². The number of ether oxygens (including phenoxy) is 1. The normalized spacial score (nSPS) is 16.4. The first-order chi connectivity index (χ1) is 18.9. The summed E-state index contributed by atoms with van der Waals surface area (Å²) in [6, 6.07) is 15.1. The predicted octanol–water partition coefficient (Wildman–Crippen LogP) is 6.14.